The number of nitrogens with zero attached hydrogens (tertiary/aromatic N) is 1. The highest BCUT2D eigenvalue weighted by molar-refractivity contribution is 5.95. The van der Waals surface area contributed by atoms with Gasteiger partial charge in [-0.1, -0.05) is 0 Å². The molecule has 0 radical (unpaired) electrons. The maximum atomic E-state index is 11.5. The molecule has 0 spiro atoms. The van der Waals surface area contributed by atoms with Crippen molar-refractivity contribution in [3.8, 4) is 5.75 Å². The van der Waals surface area contributed by atoms with Crippen LogP contribution in [-0.4, -0.2) is 24.0 Å². The van der Waals surface area contributed by atoms with Crippen molar-refractivity contribution in [2.45, 2.75) is 13.8 Å². The van der Waals surface area contributed by atoms with Crippen molar-refractivity contribution in [2.75, 3.05) is 13.2 Å². The number of amides is 1. The fourth-order valence-corrected chi connectivity index (χ4v) is 1.34. The molecule has 1 aromatic rings. The maximum absolute atomic E-state index is 11.5. The Bertz CT molecular complexity index is 431. The Kier molecular flexibility index (Phi) is 4.45. The van der Waals surface area contributed by atoms with Crippen LogP contribution in [0.3, 0.4) is 0 Å². The second-order valence-electron chi connectivity index (χ2n) is 3.23. The standard InChI is InChI=1S/C11H14N2O4/c1-3-12-11(14)8-5-6-10(17-4-2)9(7-8)13(15)16/h5-7H,3-4H2,1-2H3,(H,12,14). The summed E-state index contributed by atoms with van der Waals surface area (Å²) in [6.07, 6.45) is 0. The third-order valence-corrected chi connectivity index (χ3v) is 2.05. The largest absolute Gasteiger partial charge is 0.487 e. The number of nitro benzene ring substituents is 1. The lowest BCUT2D eigenvalue weighted by molar-refractivity contribution is -0.385. The lowest BCUT2D eigenvalue weighted by Gasteiger charge is -2.06. The van der Waals surface area contributed by atoms with Gasteiger partial charge in [0.15, 0.2) is 5.75 Å². The van der Waals surface area contributed by atoms with Crippen molar-refractivity contribution in [2.24, 2.45) is 0 Å². The summed E-state index contributed by atoms with van der Waals surface area (Å²) in [4.78, 5) is 21.8. The molecule has 0 saturated carbocycles. The molecular weight excluding hydrogens is 224 g/mol. The fraction of sp³-hybridized carbons (Fsp3) is 0.364. The van der Waals surface area contributed by atoms with Crippen LogP contribution < -0.4 is 10.1 Å². The summed E-state index contributed by atoms with van der Waals surface area (Å²) >= 11 is 0. The lowest BCUT2D eigenvalue weighted by Crippen LogP contribution is -2.22. The van der Waals surface area contributed by atoms with E-state index < -0.39 is 4.92 Å². The van der Waals surface area contributed by atoms with E-state index >= 15 is 0 Å². The first-order chi connectivity index (χ1) is 8.10. The van der Waals surface area contributed by atoms with E-state index in [9.17, 15) is 14.9 Å². The summed E-state index contributed by atoms with van der Waals surface area (Å²) < 4.78 is 5.12. The quantitative estimate of drug-likeness (QED) is 0.625. The first-order valence-corrected chi connectivity index (χ1v) is 5.29. The molecule has 0 saturated heterocycles. The zero-order chi connectivity index (χ0) is 12.8. The van der Waals surface area contributed by atoms with Crippen molar-refractivity contribution in [1.29, 1.82) is 0 Å². The molecule has 0 unspecified atom stereocenters. The summed E-state index contributed by atoms with van der Waals surface area (Å²) in [6.45, 7) is 4.32. The van der Waals surface area contributed by atoms with Crippen LogP contribution in [0.5, 0.6) is 5.75 Å². The Hall–Kier alpha value is -2.11. The van der Waals surface area contributed by atoms with Gasteiger partial charge in [-0.15, -0.1) is 0 Å². The van der Waals surface area contributed by atoms with Gasteiger partial charge >= 0.3 is 5.69 Å². The molecule has 0 aliphatic carbocycles. The molecule has 0 fully saturated rings. The highest BCUT2D eigenvalue weighted by Crippen LogP contribution is 2.27. The summed E-state index contributed by atoms with van der Waals surface area (Å²) in [5.41, 5.74) is 0.0533. The first-order valence-electron chi connectivity index (χ1n) is 5.29. The summed E-state index contributed by atoms with van der Waals surface area (Å²) in [5.74, 6) is -0.163. The van der Waals surface area contributed by atoms with Gasteiger partial charge in [0.05, 0.1) is 11.5 Å². The molecule has 92 valence electrons. The molecule has 17 heavy (non-hydrogen) atoms. The molecule has 1 rings (SSSR count). The zero-order valence-corrected chi connectivity index (χ0v) is 9.73. The third kappa shape index (κ3) is 3.17. The van der Waals surface area contributed by atoms with Crippen molar-refractivity contribution < 1.29 is 14.5 Å². The molecule has 0 bridgehead atoms. The average molecular weight is 238 g/mol. The van der Waals surface area contributed by atoms with E-state index in [2.05, 4.69) is 5.32 Å². The van der Waals surface area contributed by atoms with Crippen LogP contribution in [-0.2, 0) is 0 Å². The molecule has 0 atom stereocenters. The van der Waals surface area contributed by atoms with Gasteiger partial charge in [0.25, 0.3) is 5.91 Å². The summed E-state index contributed by atoms with van der Waals surface area (Å²) in [7, 11) is 0. The molecule has 0 aliphatic rings. The predicted octanol–water partition coefficient (Wildman–Crippen LogP) is 1.74. The Morgan fingerprint density at radius 3 is 2.71 bits per heavy atom. The number of nitrogens with one attached hydrogen (secondary N) is 1. The third-order valence-electron chi connectivity index (χ3n) is 2.05. The van der Waals surface area contributed by atoms with E-state index in [0.29, 0.717) is 13.2 Å². The maximum Gasteiger partial charge on any atom is 0.311 e. The monoisotopic (exact) mass is 238 g/mol. The van der Waals surface area contributed by atoms with E-state index in [0.717, 1.165) is 0 Å². The fourth-order valence-electron chi connectivity index (χ4n) is 1.34. The van der Waals surface area contributed by atoms with E-state index in [1.54, 1.807) is 13.8 Å². The molecule has 1 N–H and O–H groups in total. The van der Waals surface area contributed by atoms with Gasteiger partial charge in [-0.25, -0.2) is 0 Å². The number of benzene rings is 1. The molecule has 1 amide bonds. The van der Waals surface area contributed by atoms with E-state index in [1.165, 1.54) is 18.2 Å². The SMILES string of the molecule is CCNC(=O)c1ccc(OCC)c([N+](=O)[O-])c1. The van der Waals surface area contributed by atoms with Crippen molar-refractivity contribution >= 4 is 11.6 Å². The van der Waals surface area contributed by atoms with E-state index in [4.69, 9.17) is 4.74 Å². The normalized spacial score (nSPS) is 9.76. The average Bonchev–Trinajstić information content (AvgIpc) is 2.30. The minimum absolute atomic E-state index is 0.172. The van der Waals surface area contributed by atoms with Gasteiger partial charge in [0, 0.05) is 18.2 Å². The Labute approximate surface area is 98.7 Å². The van der Waals surface area contributed by atoms with Gasteiger partial charge in [0.2, 0.25) is 0 Å². The topological polar surface area (TPSA) is 81.5 Å². The smallest absolute Gasteiger partial charge is 0.311 e. The van der Waals surface area contributed by atoms with Gasteiger partial charge in [-0.05, 0) is 26.0 Å². The second-order valence-corrected chi connectivity index (χ2v) is 3.23. The Morgan fingerprint density at radius 1 is 1.47 bits per heavy atom. The van der Waals surface area contributed by atoms with Crippen molar-refractivity contribution in [3.05, 3.63) is 33.9 Å². The van der Waals surface area contributed by atoms with Crippen molar-refractivity contribution in [3.63, 3.8) is 0 Å². The molecular formula is C11H14N2O4. The molecule has 0 aromatic heterocycles. The summed E-state index contributed by atoms with van der Waals surface area (Å²) in [5, 5.41) is 13.4. The van der Waals surface area contributed by atoms with E-state index in [-0.39, 0.29) is 22.9 Å². The predicted molar refractivity (Wildman–Crippen MR) is 62.3 cm³/mol. The Balaban J connectivity index is 3.09. The van der Waals surface area contributed by atoms with Crippen LogP contribution in [0.25, 0.3) is 0 Å². The van der Waals surface area contributed by atoms with E-state index in [1.807, 2.05) is 0 Å². The van der Waals surface area contributed by atoms with Gasteiger partial charge in [-0.2, -0.15) is 0 Å². The minimum Gasteiger partial charge on any atom is -0.487 e. The van der Waals surface area contributed by atoms with Crippen LogP contribution in [0.4, 0.5) is 5.69 Å². The molecule has 1 aromatic carbocycles. The molecule has 6 heteroatoms. The lowest BCUT2D eigenvalue weighted by atomic mass is 10.1. The number of carbonyl (C=O) groups excluding carboxylic acids is 1. The highest BCUT2D eigenvalue weighted by Gasteiger charge is 2.18. The molecule has 0 aliphatic heterocycles. The molecule has 6 nitrogen and oxygen atoms in total. The second kappa shape index (κ2) is 5.83. The van der Waals surface area contributed by atoms with Crippen LogP contribution in [0.15, 0.2) is 18.2 Å². The first kappa shape index (κ1) is 13.0. The summed E-state index contributed by atoms with van der Waals surface area (Å²) in [6, 6.07) is 4.16. The number of nitro groups is 1. The molecule has 0 heterocycles. The number of carbonyl (C=O) groups is 1. The zero-order valence-electron chi connectivity index (χ0n) is 9.73. The number of hydrogen-bond donors (Lipinski definition) is 1. The van der Waals surface area contributed by atoms with Crippen LogP contribution in [0.1, 0.15) is 24.2 Å². The van der Waals surface area contributed by atoms with Gasteiger partial charge in [0.1, 0.15) is 0 Å². The highest BCUT2D eigenvalue weighted by atomic mass is 16.6. The van der Waals surface area contributed by atoms with Gasteiger partial charge in [-0.3, -0.25) is 14.9 Å². The van der Waals surface area contributed by atoms with Crippen LogP contribution in [0.2, 0.25) is 0 Å². The number of hydrogen-bond acceptors (Lipinski definition) is 4. The Morgan fingerprint density at radius 2 is 2.18 bits per heavy atom. The van der Waals surface area contributed by atoms with Crippen LogP contribution >= 0.6 is 0 Å². The number of ether oxygens (including phenoxy) is 1. The van der Waals surface area contributed by atoms with Crippen LogP contribution in [0, 0.1) is 10.1 Å². The van der Waals surface area contributed by atoms with Gasteiger partial charge < -0.3 is 10.1 Å². The minimum atomic E-state index is -0.562. The van der Waals surface area contributed by atoms with Crippen molar-refractivity contribution in [1.82, 2.24) is 5.32 Å². The number of rotatable bonds is 5.